The van der Waals surface area contributed by atoms with E-state index in [4.69, 9.17) is 24.7 Å². The third-order valence-electron chi connectivity index (χ3n) is 5.57. The van der Waals surface area contributed by atoms with E-state index in [2.05, 4.69) is 0 Å². The molecule has 8 nitrogen and oxygen atoms in total. The van der Waals surface area contributed by atoms with Crippen molar-refractivity contribution in [2.45, 2.75) is 6.92 Å². The first-order chi connectivity index (χ1) is 18.9. The van der Waals surface area contributed by atoms with Gasteiger partial charge in [-0.1, -0.05) is 17.7 Å². The maximum atomic E-state index is 12.5. The molecule has 4 rings (SSSR count). The van der Waals surface area contributed by atoms with Crippen LogP contribution < -0.4 is 9.47 Å². The second-order valence-electron chi connectivity index (χ2n) is 8.34. The van der Waals surface area contributed by atoms with E-state index in [1.165, 1.54) is 48.5 Å². The van der Waals surface area contributed by atoms with E-state index in [-0.39, 0.29) is 22.4 Å². The summed E-state index contributed by atoms with van der Waals surface area (Å²) < 4.78 is 16.1. The molecule has 4 aromatic rings. The normalized spacial score (nSPS) is 10.0. The zero-order valence-corrected chi connectivity index (χ0v) is 20.7. The summed E-state index contributed by atoms with van der Waals surface area (Å²) in [5, 5.41) is 18.2. The fourth-order valence-corrected chi connectivity index (χ4v) is 3.43. The highest BCUT2D eigenvalue weighted by Gasteiger charge is 2.14. The van der Waals surface area contributed by atoms with Gasteiger partial charge in [0.15, 0.2) is 12.4 Å². The molecule has 0 bridgehead atoms. The van der Waals surface area contributed by atoms with Crippen molar-refractivity contribution in [1.82, 2.24) is 0 Å². The SMILES string of the molecule is Cc1ccc(C(=O)Oc2ccc(C(=O)COC(=O)c3ccc(Oc4ccc(C#N)c(C#N)c4)cc3)cc2)cc1. The van der Waals surface area contributed by atoms with Gasteiger partial charge in [-0.3, -0.25) is 4.79 Å². The lowest BCUT2D eigenvalue weighted by atomic mass is 10.1. The third-order valence-corrected chi connectivity index (χ3v) is 5.57. The summed E-state index contributed by atoms with van der Waals surface area (Å²) in [5.74, 6) is -0.580. The molecule has 0 aromatic heterocycles. The maximum Gasteiger partial charge on any atom is 0.343 e. The minimum atomic E-state index is -0.691. The van der Waals surface area contributed by atoms with Gasteiger partial charge < -0.3 is 14.2 Å². The van der Waals surface area contributed by atoms with Crippen LogP contribution in [-0.4, -0.2) is 24.3 Å². The molecule has 0 heterocycles. The molecule has 0 saturated carbocycles. The molecule has 0 spiro atoms. The molecule has 0 fully saturated rings. The topological polar surface area (TPSA) is 126 Å². The average Bonchev–Trinajstić information content (AvgIpc) is 2.96. The van der Waals surface area contributed by atoms with Gasteiger partial charge in [-0.15, -0.1) is 0 Å². The molecular formula is C31H20N2O6. The monoisotopic (exact) mass is 516 g/mol. The molecule has 0 amide bonds. The Labute approximate surface area is 224 Å². The maximum absolute atomic E-state index is 12.5. The zero-order chi connectivity index (χ0) is 27.8. The molecule has 0 unspecified atom stereocenters. The molecule has 0 radical (unpaired) electrons. The van der Waals surface area contributed by atoms with Gasteiger partial charge in [0, 0.05) is 5.56 Å². The molecule has 4 aromatic carbocycles. The fraction of sp³-hybridized carbons (Fsp3) is 0.0645. The van der Waals surface area contributed by atoms with E-state index in [0.717, 1.165) is 5.56 Å². The minimum Gasteiger partial charge on any atom is -0.457 e. The van der Waals surface area contributed by atoms with E-state index >= 15 is 0 Å². The summed E-state index contributed by atoms with van der Waals surface area (Å²) in [6, 6.07) is 27.3. The Hall–Kier alpha value is -5.73. The van der Waals surface area contributed by atoms with E-state index < -0.39 is 24.3 Å². The van der Waals surface area contributed by atoms with Crippen molar-refractivity contribution in [2.24, 2.45) is 0 Å². The molecular weight excluding hydrogens is 496 g/mol. The number of ether oxygens (including phenoxy) is 3. The fourth-order valence-electron chi connectivity index (χ4n) is 3.43. The van der Waals surface area contributed by atoms with Gasteiger partial charge in [-0.05, 0) is 85.8 Å². The Kier molecular flexibility index (Phi) is 8.11. The highest BCUT2D eigenvalue weighted by Crippen LogP contribution is 2.24. The van der Waals surface area contributed by atoms with Crippen molar-refractivity contribution in [3.05, 3.63) is 124 Å². The van der Waals surface area contributed by atoms with E-state index in [1.807, 2.05) is 31.2 Å². The van der Waals surface area contributed by atoms with Crippen molar-refractivity contribution < 1.29 is 28.6 Å². The number of esters is 2. The molecule has 0 aliphatic heterocycles. The third kappa shape index (κ3) is 6.73. The van der Waals surface area contributed by atoms with Crippen LogP contribution in [0.15, 0.2) is 91.0 Å². The highest BCUT2D eigenvalue weighted by atomic mass is 16.5. The largest absolute Gasteiger partial charge is 0.457 e. The highest BCUT2D eigenvalue weighted by molar-refractivity contribution is 5.99. The Morgan fingerprint density at radius 2 is 1.18 bits per heavy atom. The number of hydrogen-bond acceptors (Lipinski definition) is 8. The van der Waals surface area contributed by atoms with Crippen LogP contribution in [0.1, 0.15) is 47.8 Å². The van der Waals surface area contributed by atoms with Crippen LogP contribution in [0.5, 0.6) is 17.2 Å². The number of carbonyl (C=O) groups excluding carboxylic acids is 3. The summed E-state index contributed by atoms with van der Waals surface area (Å²) in [6.07, 6.45) is 0. The lowest BCUT2D eigenvalue weighted by Gasteiger charge is -2.08. The first-order valence-electron chi connectivity index (χ1n) is 11.7. The van der Waals surface area contributed by atoms with Gasteiger partial charge in [0.05, 0.1) is 22.3 Å². The van der Waals surface area contributed by atoms with Crippen LogP contribution in [-0.2, 0) is 4.74 Å². The van der Waals surface area contributed by atoms with Crippen LogP contribution in [0, 0.1) is 29.6 Å². The lowest BCUT2D eigenvalue weighted by molar-refractivity contribution is 0.0474. The van der Waals surface area contributed by atoms with Crippen LogP contribution in [0.4, 0.5) is 0 Å². The summed E-state index contributed by atoms with van der Waals surface area (Å²) in [4.78, 5) is 37.1. The summed E-state index contributed by atoms with van der Waals surface area (Å²) in [5.41, 5.74) is 2.38. The predicted molar refractivity (Wildman–Crippen MR) is 140 cm³/mol. The van der Waals surface area contributed by atoms with Gasteiger partial charge in [-0.25, -0.2) is 9.59 Å². The van der Waals surface area contributed by atoms with Crippen molar-refractivity contribution in [3.63, 3.8) is 0 Å². The summed E-state index contributed by atoms with van der Waals surface area (Å²) >= 11 is 0. The Morgan fingerprint density at radius 3 is 1.82 bits per heavy atom. The lowest BCUT2D eigenvalue weighted by Crippen LogP contribution is -2.14. The summed E-state index contributed by atoms with van der Waals surface area (Å²) in [6.45, 7) is 1.45. The molecule has 39 heavy (non-hydrogen) atoms. The smallest absolute Gasteiger partial charge is 0.343 e. The second-order valence-corrected chi connectivity index (χ2v) is 8.34. The molecule has 0 saturated heterocycles. The van der Waals surface area contributed by atoms with Gasteiger partial charge in [0.25, 0.3) is 0 Å². The Balaban J connectivity index is 1.29. The average molecular weight is 517 g/mol. The van der Waals surface area contributed by atoms with Crippen molar-refractivity contribution >= 4 is 17.7 Å². The number of Topliss-reactive ketones (excluding diaryl/α,β-unsaturated/α-hetero) is 1. The first kappa shape index (κ1) is 26.3. The van der Waals surface area contributed by atoms with Crippen LogP contribution >= 0.6 is 0 Å². The van der Waals surface area contributed by atoms with Crippen molar-refractivity contribution in [1.29, 1.82) is 10.5 Å². The molecule has 0 N–H and O–H groups in total. The van der Waals surface area contributed by atoms with Gasteiger partial charge in [0.2, 0.25) is 0 Å². The Morgan fingerprint density at radius 1 is 0.641 bits per heavy atom. The standard InChI is InChI=1S/C31H20N2O6/c1-20-2-4-23(5-3-20)31(36)39-27-11-6-21(7-12-27)29(34)19-37-30(35)22-8-13-26(14-9-22)38-28-15-10-24(17-32)25(16-28)18-33/h2-16H,19H2,1H3. The van der Waals surface area contributed by atoms with Gasteiger partial charge >= 0.3 is 11.9 Å². The van der Waals surface area contributed by atoms with Crippen LogP contribution in [0.2, 0.25) is 0 Å². The van der Waals surface area contributed by atoms with Crippen LogP contribution in [0.25, 0.3) is 0 Å². The number of benzene rings is 4. The molecule has 190 valence electrons. The predicted octanol–water partition coefficient (Wildman–Crippen LogP) is 5.79. The number of carbonyl (C=O) groups is 3. The number of aryl methyl sites for hydroxylation is 1. The van der Waals surface area contributed by atoms with Crippen LogP contribution in [0.3, 0.4) is 0 Å². The van der Waals surface area contributed by atoms with E-state index in [1.54, 1.807) is 30.3 Å². The van der Waals surface area contributed by atoms with E-state index in [0.29, 0.717) is 22.6 Å². The molecule has 0 aliphatic carbocycles. The molecule has 8 heteroatoms. The minimum absolute atomic E-state index is 0.192. The number of hydrogen-bond donors (Lipinski definition) is 0. The number of rotatable bonds is 8. The molecule has 0 atom stereocenters. The zero-order valence-electron chi connectivity index (χ0n) is 20.7. The quantitative estimate of drug-likeness (QED) is 0.164. The Bertz CT molecular complexity index is 1610. The number of nitriles is 2. The number of nitrogens with zero attached hydrogens (tertiary/aromatic N) is 2. The van der Waals surface area contributed by atoms with E-state index in [9.17, 15) is 14.4 Å². The van der Waals surface area contributed by atoms with Crippen molar-refractivity contribution in [2.75, 3.05) is 6.61 Å². The van der Waals surface area contributed by atoms with Gasteiger partial charge in [0.1, 0.15) is 29.4 Å². The van der Waals surface area contributed by atoms with Gasteiger partial charge in [-0.2, -0.15) is 10.5 Å². The molecule has 0 aliphatic rings. The first-order valence-corrected chi connectivity index (χ1v) is 11.7. The second kappa shape index (κ2) is 12.0. The van der Waals surface area contributed by atoms with Crippen molar-refractivity contribution in [3.8, 4) is 29.4 Å². The summed E-state index contributed by atoms with van der Waals surface area (Å²) in [7, 11) is 0. The number of ketones is 1.